The standard InChI is InChI=1S/C22H25NO/c1-21-11-17-12-22(14-21,20-18(21)9-6-10-19(20)24-2)15-23(17)13-16-7-4-3-5-8-16/h3-10,17H,11-15H2,1-2H3. The number of methoxy groups -OCH3 is 1. The first-order valence-corrected chi connectivity index (χ1v) is 9.10. The summed E-state index contributed by atoms with van der Waals surface area (Å²) in [5.74, 6) is 1.11. The molecule has 2 fully saturated rings. The summed E-state index contributed by atoms with van der Waals surface area (Å²) >= 11 is 0. The van der Waals surface area contributed by atoms with Gasteiger partial charge >= 0.3 is 0 Å². The summed E-state index contributed by atoms with van der Waals surface area (Å²) in [6.45, 7) is 4.73. The van der Waals surface area contributed by atoms with Gasteiger partial charge in [-0.1, -0.05) is 49.4 Å². The van der Waals surface area contributed by atoms with E-state index in [1.165, 1.54) is 36.9 Å². The van der Waals surface area contributed by atoms with E-state index in [2.05, 4.69) is 60.4 Å². The predicted molar refractivity (Wildman–Crippen MR) is 96.5 cm³/mol. The topological polar surface area (TPSA) is 12.5 Å². The average Bonchev–Trinajstić information content (AvgIpc) is 2.96. The molecule has 0 aromatic heterocycles. The van der Waals surface area contributed by atoms with Gasteiger partial charge < -0.3 is 4.74 Å². The van der Waals surface area contributed by atoms with Crippen LogP contribution >= 0.6 is 0 Å². The molecule has 1 saturated carbocycles. The fourth-order valence-corrected chi connectivity index (χ4v) is 6.06. The van der Waals surface area contributed by atoms with Crippen molar-refractivity contribution in [3.8, 4) is 5.75 Å². The number of hydrogen-bond donors (Lipinski definition) is 0. The van der Waals surface area contributed by atoms with Gasteiger partial charge in [-0.25, -0.2) is 0 Å². The molecular formula is C22H25NO. The highest BCUT2D eigenvalue weighted by Gasteiger charge is 2.61. The minimum atomic E-state index is 0.300. The van der Waals surface area contributed by atoms with Gasteiger partial charge in [-0.3, -0.25) is 4.90 Å². The van der Waals surface area contributed by atoms with Crippen LogP contribution in [0.15, 0.2) is 48.5 Å². The van der Waals surface area contributed by atoms with Crippen molar-refractivity contribution in [2.75, 3.05) is 13.7 Å². The number of likely N-dealkylation sites (tertiary alicyclic amines) is 1. The Balaban J connectivity index is 1.56. The van der Waals surface area contributed by atoms with Gasteiger partial charge in [0.1, 0.15) is 5.75 Å². The number of nitrogens with zero attached hydrogens (tertiary/aromatic N) is 1. The molecule has 124 valence electrons. The van der Waals surface area contributed by atoms with Crippen LogP contribution in [0.3, 0.4) is 0 Å². The molecule has 2 aromatic carbocycles. The van der Waals surface area contributed by atoms with Crippen molar-refractivity contribution < 1.29 is 4.74 Å². The van der Waals surface area contributed by atoms with E-state index in [-0.39, 0.29) is 0 Å². The lowest BCUT2D eigenvalue weighted by molar-refractivity contribution is 0.203. The molecule has 5 rings (SSSR count). The van der Waals surface area contributed by atoms with E-state index in [9.17, 15) is 0 Å². The zero-order chi connectivity index (χ0) is 16.4. The Kier molecular flexibility index (Phi) is 2.94. The van der Waals surface area contributed by atoms with E-state index >= 15 is 0 Å². The lowest BCUT2D eigenvalue weighted by atomic mass is 9.68. The minimum absolute atomic E-state index is 0.300. The smallest absolute Gasteiger partial charge is 0.122 e. The highest BCUT2D eigenvalue weighted by atomic mass is 16.5. The zero-order valence-corrected chi connectivity index (χ0v) is 14.6. The molecule has 3 aliphatic rings. The summed E-state index contributed by atoms with van der Waals surface area (Å²) in [7, 11) is 1.82. The molecule has 0 N–H and O–H groups in total. The second-order valence-electron chi connectivity index (χ2n) is 8.35. The van der Waals surface area contributed by atoms with E-state index in [4.69, 9.17) is 4.74 Å². The van der Waals surface area contributed by atoms with Crippen molar-refractivity contribution in [2.24, 2.45) is 0 Å². The summed E-state index contributed by atoms with van der Waals surface area (Å²) in [4.78, 5) is 2.73. The van der Waals surface area contributed by atoms with Crippen LogP contribution in [0.5, 0.6) is 5.75 Å². The fraction of sp³-hybridized carbons (Fsp3) is 0.455. The van der Waals surface area contributed by atoms with E-state index < -0.39 is 0 Å². The highest BCUT2D eigenvalue weighted by Crippen LogP contribution is 2.64. The molecule has 3 bridgehead atoms. The Morgan fingerprint density at radius 3 is 2.71 bits per heavy atom. The van der Waals surface area contributed by atoms with Crippen molar-refractivity contribution >= 4 is 0 Å². The van der Waals surface area contributed by atoms with Gasteiger partial charge in [-0.2, -0.15) is 0 Å². The number of hydrogen-bond acceptors (Lipinski definition) is 2. The van der Waals surface area contributed by atoms with Crippen molar-refractivity contribution in [2.45, 2.75) is 49.6 Å². The lowest BCUT2D eigenvalue weighted by Gasteiger charge is -2.36. The molecule has 2 nitrogen and oxygen atoms in total. The molecule has 2 aromatic rings. The Bertz CT molecular complexity index is 786. The van der Waals surface area contributed by atoms with Crippen LogP contribution in [0.1, 0.15) is 42.9 Å². The third-order valence-electron chi connectivity index (χ3n) is 6.72. The molecule has 0 radical (unpaired) electrons. The monoisotopic (exact) mass is 319 g/mol. The largest absolute Gasteiger partial charge is 0.496 e. The predicted octanol–water partition coefficient (Wildman–Crippen LogP) is 4.27. The first kappa shape index (κ1) is 14.5. The molecule has 1 saturated heterocycles. The minimum Gasteiger partial charge on any atom is -0.496 e. The third-order valence-corrected chi connectivity index (χ3v) is 6.72. The summed E-state index contributed by atoms with van der Waals surface area (Å²) in [6, 6.07) is 18.3. The number of rotatable bonds is 3. The number of benzene rings is 2. The molecule has 0 amide bonds. The summed E-state index contributed by atoms with van der Waals surface area (Å²) in [5, 5.41) is 0. The van der Waals surface area contributed by atoms with E-state index in [1.807, 2.05) is 7.11 Å². The Morgan fingerprint density at radius 1 is 1.08 bits per heavy atom. The van der Waals surface area contributed by atoms with Gasteiger partial charge in [0.05, 0.1) is 7.11 Å². The first-order chi connectivity index (χ1) is 11.6. The van der Waals surface area contributed by atoms with Crippen LogP contribution < -0.4 is 4.74 Å². The third kappa shape index (κ3) is 1.86. The molecule has 1 aliphatic heterocycles. The maximum absolute atomic E-state index is 5.79. The zero-order valence-electron chi connectivity index (χ0n) is 14.6. The van der Waals surface area contributed by atoms with E-state index in [1.54, 1.807) is 5.56 Å². The van der Waals surface area contributed by atoms with Crippen LogP contribution in [0, 0.1) is 0 Å². The van der Waals surface area contributed by atoms with Crippen LogP contribution in [-0.2, 0) is 17.4 Å². The molecule has 3 unspecified atom stereocenters. The normalized spacial score (nSPS) is 33.5. The van der Waals surface area contributed by atoms with Gasteiger partial charge in [-0.15, -0.1) is 0 Å². The van der Waals surface area contributed by atoms with Crippen LogP contribution in [0.2, 0.25) is 0 Å². The molecule has 2 heteroatoms. The molecule has 3 atom stereocenters. The van der Waals surface area contributed by atoms with E-state index in [0.29, 0.717) is 16.9 Å². The van der Waals surface area contributed by atoms with Crippen molar-refractivity contribution in [1.82, 2.24) is 4.90 Å². The van der Waals surface area contributed by atoms with Crippen molar-refractivity contribution in [3.63, 3.8) is 0 Å². The van der Waals surface area contributed by atoms with Gasteiger partial charge in [-0.05, 0) is 41.9 Å². The maximum atomic E-state index is 5.79. The summed E-state index contributed by atoms with van der Waals surface area (Å²) < 4.78 is 5.79. The lowest BCUT2D eigenvalue weighted by Crippen LogP contribution is -2.35. The van der Waals surface area contributed by atoms with Crippen molar-refractivity contribution in [1.29, 1.82) is 0 Å². The first-order valence-electron chi connectivity index (χ1n) is 9.10. The molecule has 1 spiro atoms. The number of fused-ring (bicyclic) bond motifs is 4. The van der Waals surface area contributed by atoms with E-state index in [0.717, 1.165) is 12.3 Å². The highest BCUT2D eigenvalue weighted by molar-refractivity contribution is 5.56. The van der Waals surface area contributed by atoms with Crippen molar-refractivity contribution in [3.05, 3.63) is 65.2 Å². The van der Waals surface area contributed by atoms with Gasteiger partial charge in [0, 0.05) is 30.1 Å². The SMILES string of the molecule is COc1cccc2c1C13CC(CC2(C)C1)N(Cc1ccccc1)C3. The Hall–Kier alpha value is -1.80. The van der Waals surface area contributed by atoms with Crippen LogP contribution in [0.4, 0.5) is 0 Å². The molecule has 1 heterocycles. The molecule has 24 heavy (non-hydrogen) atoms. The molecular weight excluding hydrogens is 294 g/mol. The number of ether oxygens (including phenoxy) is 1. The van der Waals surface area contributed by atoms with Crippen LogP contribution in [-0.4, -0.2) is 24.6 Å². The Morgan fingerprint density at radius 2 is 1.92 bits per heavy atom. The summed E-state index contributed by atoms with van der Waals surface area (Å²) in [6.07, 6.45) is 3.86. The summed E-state index contributed by atoms with van der Waals surface area (Å²) in [5.41, 5.74) is 5.13. The van der Waals surface area contributed by atoms with Gasteiger partial charge in [0.25, 0.3) is 0 Å². The Labute approximate surface area is 144 Å². The average molecular weight is 319 g/mol. The van der Waals surface area contributed by atoms with Gasteiger partial charge in [0.2, 0.25) is 0 Å². The second-order valence-corrected chi connectivity index (χ2v) is 8.35. The fourth-order valence-electron chi connectivity index (χ4n) is 6.06. The molecule has 2 aliphatic carbocycles. The quantitative estimate of drug-likeness (QED) is 0.837. The van der Waals surface area contributed by atoms with Crippen LogP contribution in [0.25, 0.3) is 0 Å². The maximum Gasteiger partial charge on any atom is 0.122 e. The second kappa shape index (κ2) is 4.86. The van der Waals surface area contributed by atoms with Gasteiger partial charge in [0.15, 0.2) is 0 Å².